The highest BCUT2D eigenvalue weighted by molar-refractivity contribution is 7.89. The van der Waals surface area contributed by atoms with Crippen LogP contribution in [0.4, 0.5) is 5.69 Å². The first-order valence-corrected chi connectivity index (χ1v) is 7.17. The Morgan fingerprint density at radius 1 is 1.39 bits per heavy atom. The molecule has 1 rings (SSSR count). The van der Waals surface area contributed by atoms with Gasteiger partial charge in [-0.25, -0.2) is 13.1 Å². The standard InChI is InChI=1S/C12H20N2O3S/c1-5-12(2,3)14-18(15,16)11-8-9(13)6-7-10(11)17-4/h6-8,14H,5,13H2,1-4H3. The monoisotopic (exact) mass is 272 g/mol. The minimum atomic E-state index is -3.65. The van der Waals surface area contributed by atoms with E-state index in [1.807, 2.05) is 20.8 Å². The molecule has 0 saturated heterocycles. The second-order valence-corrected chi connectivity index (χ2v) is 6.40. The number of methoxy groups -OCH3 is 1. The molecule has 0 atom stereocenters. The summed E-state index contributed by atoms with van der Waals surface area (Å²) in [6, 6.07) is 4.54. The van der Waals surface area contributed by atoms with Crippen LogP contribution in [-0.4, -0.2) is 21.1 Å². The third-order valence-electron chi connectivity index (χ3n) is 2.77. The Morgan fingerprint density at radius 3 is 2.50 bits per heavy atom. The quantitative estimate of drug-likeness (QED) is 0.800. The molecule has 5 nitrogen and oxygen atoms in total. The van der Waals surface area contributed by atoms with E-state index in [9.17, 15) is 8.42 Å². The predicted octanol–water partition coefficient (Wildman–Crippen LogP) is 1.74. The van der Waals surface area contributed by atoms with Crippen LogP contribution in [0.25, 0.3) is 0 Å². The Bertz CT molecular complexity index is 524. The van der Waals surface area contributed by atoms with Gasteiger partial charge in [0.05, 0.1) is 7.11 Å². The van der Waals surface area contributed by atoms with Gasteiger partial charge < -0.3 is 10.5 Å². The van der Waals surface area contributed by atoms with Gasteiger partial charge in [0, 0.05) is 11.2 Å². The summed E-state index contributed by atoms with van der Waals surface area (Å²) in [5.74, 6) is 0.281. The summed E-state index contributed by atoms with van der Waals surface area (Å²) in [4.78, 5) is 0.0616. The van der Waals surface area contributed by atoms with Crippen LogP contribution in [0.3, 0.4) is 0 Å². The van der Waals surface area contributed by atoms with Gasteiger partial charge in [-0.2, -0.15) is 0 Å². The van der Waals surface area contributed by atoms with E-state index < -0.39 is 15.6 Å². The molecule has 0 spiro atoms. The van der Waals surface area contributed by atoms with Crippen molar-refractivity contribution in [2.24, 2.45) is 0 Å². The topological polar surface area (TPSA) is 81.4 Å². The summed E-state index contributed by atoms with van der Waals surface area (Å²) < 4.78 is 32.3. The average Bonchev–Trinajstić information content (AvgIpc) is 2.28. The molecule has 3 N–H and O–H groups in total. The van der Waals surface area contributed by atoms with Crippen molar-refractivity contribution in [3.05, 3.63) is 18.2 Å². The van der Waals surface area contributed by atoms with Crippen molar-refractivity contribution in [2.45, 2.75) is 37.6 Å². The lowest BCUT2D eigenvalue weighted by molar-refractivity contribution is 0.399. The van der Waals surface area contributed by atoms with Crippen LogP contribution < -0.4 is 15.2 Å². The number of anilines is 1. The fraction of sp³-hybridized carbons (Fsp3) is 0.500. The lowest BCUT2D eigenvalue weighted by Crippen LogP contribution is -2.42. The molecule has 0 amide bonds. The van der Waals surface area contributed by atoms with Crippen molar-refractivity contribution in [1.82, 2.24) is 4.72 Å². The Morgan fingerprint density at radius 2 is 2.00 bits per heavy atom. The number of nitrogen functional groups attached to an aromatic ring is 1. The molecular weight excluding hydrogens is 252 g/mol. The zero-order valence-electron chi connectivity index (χ0n) is 11.1. The number of sulfonamides is 1. The molecule has 1 aromatic carbocycles. The molecule has 6 heteroatoms. The number of benzene rings is 1. The van der Waals surface area contributed by atoms with E-state index >= 15 is 0 Å². The molecule has 0 bridgehead atoms. The van der Waals surface area contributed by atoms with E-state index in [4.69, 9.17) is 10.5 Å². The SMILES string of the molecule is CCC(C)(C)NS(=O)(=O)c1cc(N)ccc1OC. The van der Waals surface area contributed by atoms with E-state index in [2.05, 4.69) is 4.72 Å². The smallest absolute Gasteiger partial charge is 0.244 e. The van der Waals surface area contributed by atoms with Crippen LogP contribution in [0.1, 0.15) is 27.2 Å². The van der Waals surface area contributed by atoms with E-state index in [0.29, 0.717) is 12.1 Å². The van der Waals surface area contributed by atoms with Crippen molar-refractivity contribution in [3.63, 3.8) is 0 Å². The second kappa shape index (κ2) is 5.16. The highest BCUT2D eigenvalue weighted by atomic mass is 32.2. The average molecular weight is 272 g/mol. The Hall–Kier alpha value is -1.27. The molecule has 0 fully saturated rings. The highest BCUT2D eigenvalue weighted by Crippen LogP contribution is 2.27. The minimum Gasteiger partial charge on any atom is -0.495 e. The van der Waals surface area contributed by atoms with Crippen LogP contribution in [0.15, 0.2) is 23.1 Å². The van der Waals surface area contributed by atoms with Gasteiger partial charge in [-0.1, -0.05) is 6.92 Å². The molecule has 0 aliphatic rings. The van der Waals surface area contributed by atoms with Gasteiger partial charge >= 0.3 is 0 Å². The fourth-order valence-electron chi connectivity index (χ4n) is 1.39. The number of rotatable bonds is 5. The van der Waals surface area contributed by atoms with E-state index in [-0.39, 0.29) is 10.6 Å². The van der Waals surface area contributed by atoms with Gasteiger partial charge in [0.15, 0.2) is 0 Å². The number of nitrogens with one attached hydrogen (secondary N) is 1. The van der Waals surface area contributed by atoms with Crippen LogP contribution in [-0.2, 0) is 10.0 Å². The minimum absolute atomic E-state index is 0.0616. The lowest BCUT2D eigenvalue weighted by Gasteiger charge is -2.24. The highest BCUT2D eigenvalue weighted by Gasteiger charge is 2.27. The first-order chi connectivity index (χ1) is 8.22. The molecule has 0 aliphatic heterocycles. The normalized spacial score (nSPS) is 12.4. The summed E-state index contributed by atoms with van der Waals surface area (Å²) >= 11 is 0. The predicted molar refractivity (Wildman–Crippen MR) is 72.1 cm³/mol. The van der Waals surface area contributed by atoms with Crippen LogP contribution in [0, 0.1) is 0 Å². The molecule has 0 aromatic heterocycles. The van der Waals surface area contributed by atoms with Crippen LogP contribution in [0.5, 0.6) is 5.75 Å². The number of hydrogen-bond acceptors (Lipinski definition) is 4. The van der Waals surface area contributed by atoms with Crippen molar-refractivity contribution < 1.29 is 13.2 Å². The number of hydrogen-bond donors (Lipinski definition) is 2. The molecule has 0 unspecified atom stereocenters. The maximum absolute atomic E-state index is 12.3. The van der Waals surface area contributed by atoms with Gasteiger partial charge in [0.1, 0.15) is 10.6 Å². The number of nitrogens with two attached hydrogens (primary N) is 1. The first-order valence-electron chi connectivity index (χ1n) is 5.69. The molecule has 0 radical (unpaired) electrons. The van der Waals surface area contributed by atoms with Crippen LogP contribution >= 0.6 is 0 Å². The maximum Gasteiger partial charge on any atom is 0.244 e. The van der Waals surface area contributed by atoms with Gasteiger partial charge in [0.2, 0.25) is 10.0 Å². The van der Waals surface area contributed by atoms with Crippen molar-refractivity contribution in [2.75, 3.05) is 12.8 Å². The van der Waals surface area contributed by atoms with Crippen molar-refractivity contribution in [3.8, 4) is 5.75 Å². The maximum atomic E-state index is 12.3. The van der Waals surface area contributed by atoms with Gasteiger partial charge in [0.25, 0.3) is 0 Å². The van der Waals surface area contributed by atoms with Crippen LogP contribution in [0.2, 0.25) is 0 Å². The van der Waals surface area contributed by atoms with Gasteiger partial charge in [-0.15, -0.1) is 0 Å². The van der Waals surface area contributed by atoms with E-state index in [0.717, 1.165) is 0 Å². The van der Waals surface area contributed by atoms with Gasteiger partial charge in [-0.05, 0) is 38.5 Å². The molecule has 1 aromatic rings. The first kappa shape index (κ1) is 14.8. The Kier molecular flexibility index (Phi) is 4.24. The molecule has 0 aliphatic carbocycles. The number of ether oxygens (including phenoxy) is 1. The molecule has 18 heavy (non-hydrogen) atoms. The lowest BCUT2D eigenvalue weighted by atomic mass is 10.0. The Balaban J connectivity index is 3.24. The molecular formula is C12H20N2O3S. The second-order valence-electron chi connectivity index (χ2n) is 4.75. The summed E-state index contributed by atoms with van der Waals surface area (Å²) in [6.07, 6.45) is 0.677. The summed E-state index contributed by atoms with van der Waals surface area (Å²) in [7, 11) is -2.22. The summed E-state index contributed by atoms with van der Waals surface area (Å²) in [6.45, 7) is 5.56. The van der Waals surface area contributed by atoms with E-state index in [1.54, 1.807) is 12.1 Å². The molecule has 0 heterocycles. The summed E-state index contributed by atoms with van der Waals surface area (Å²) in [5, 5.41) is 0. The zero-order chi connectivity index (χ0) is 14.0. The third kappa shape index (κ3) is 3.36. The molecule has 102 valence electrons. The van der Waals surface area contributed by atoms with Gasteiger partial charge in [-0.3, -0.25) is 0 Å². The summed E-state index contributed by atoms with van der Waals surface area (Å²) in [5.41, 5.74) is 5.49. The van der Waals surface area contributed by atoms with E-state index in [1.165, 1.54) is 13.2 Å². The Labute approximate surface area is 108 Å². The van der Waals surface area contributed by atoms with Crippen molar-refractivity contribution in [1.29, 1.82) is 0 Å². The van der Waals surface area contributed by atoms with Crippen molar-refractivity contribution >= 4 is 15.7 Å². The third-order valence-corrected chi connectivity index (χ3v) is 4.49. The largest absolute Gasteiger partial charge is 0.495 e. The fourth-order valence-corrected chi connectivity index (χ4v) is 3.08. The molecule has 0 saturated carbocycles. The zero-order valence-corrected chi connectivity index (χ0v) is 12.0.